The number of nitrogens with zero attached hydrogens (tertiary/aromatic N) is 3. The van der Waals surface area contributed by atoms with Crippen molar-refractivity contribution in [1.29, 1.82) is 0 Å². The fourth-order valence-corrected chi connectivity index (χ4v) is 2.74. The molecule has 1 fully saturated rings. The average Bonchev–Trinajstić information content (AvgIpc) is 2.71. The minimum atomic E-state index is 0.476. The predicted molar refractivity (Wildman–Crippen MR) is 83.9 cm³/mol. The Labute approximate surface area is 123 Å². The number of hydrogen-bond acceptors (Lipinski definition) is 4. The summed E-state index contributed by atoms with van der Waals surface area (Å²) >= 11 is 0. The quantitative estimate of drug-likeness (QED) is 0.897. The van der Waals surface area contributed by atoms with Crippen LogP contribution in [0.1, 0.15) is 52.1 Å². The summed E-state index contributed by atoms with van der Waals surface area (Å²) < 4.78 is 0. The minimum absolute atomic E-state index is 0.476. The molecule has 1 N–H and O–H groups in total. The van der Waals surface area contributed by atoms with Gasteiger partial charge in [0.1, 0.15) is 5.82 Å². The van der Waals surface area contributed by atoms with Crippen molar-refractivity contribution in [2.75, 3.05) is 18.0 Å². The lowest BCUT2D eigenvalue weighted by Crippen LogP contribution is -2.27. The molecule has 0 saturated carbocycles. The zero-order chi connectivity index (χ0) is 14.4. The summed E-state index contributed by atoms with van der Waals surface area (Å²) in [6.45, 7) is 9.64. The lowest BCUT2D eigenvalue weighted by molar-refractivity contribution is 0.459. The van der Waals surface area contributed by atoms with E-state index in [2.05, 4.69) is 36.0 Å². The van der Waals surface area contributed by atoms with Gasteiger partial charge in [0, 0.05) is 31.9 Å². The second kappa shape index (κ2) is 7.58. The number of aromatic nitrogens is 2. The van der Waals surface area contributed by atoms with Crippen molar-refractivity contribution < 1.29 is 0 Å². The Morgan fingerprint density at radius 2 is 2.15 bits per heavy atom. The van der Waals surface area contributed by atoms with E-state index in [9.17, 15) is 0 Å². The molecule has 1 aromatic heterocycles. The molecular formula is C16H28N4. The molecule has 4 heteroatoms. The molecule has 20 heavy (non-hydrogen) atoms. The SMILES string of the molecule is CCC1CCCN(c2cncc(CNC(C)C)n2)CC1. The third-order valence-corrected chi connectivity index (χ3v) is 4.11. The molecule has 1 atom stereocenters. The number of nitrogens with one attached hydrogen (secondary N) is 1. The molecule has 0 spiro atoms. The highest BCUT2D eigenvalue weighted by Gasteiger charge is 2.17. The van der Waals surface area contributed by atoms with E-state index in [1.54, 1.807) is 0 Å². The van der Waals surface area contributed by atoms with Crippen LogP contribution in [0.5, 0.6) is 0 Å². The summed E-state index contributed by atoms with van der Waals surface area (Å²) in [7, 11) is 0. The fourth-order valence-electron chi connectivity index (χ4n) is 2.74. The standard InChI is InChI=1S/C16H28N4/c1-4-14-6-5-8-20(9-7-14)16-12-17-10-15(19-16)11-18-13(2)3/h10,12-14,18H,4-9,11H2,1-3H3. The lowest BCUT2D eigenvalue weighted by Gasteiger charge is -2.22. The second-order valence-corrected chi connectivity index (χ2v) is 6.10. The Morgan fingerprint density at radius 1 is 1.30 bits per heavy atom. The molecule has 1 aromatic rings. The van der Waals surface area contributed by atoms with E-state index in [0.717, 1.165) is 37.1 Å². The van der Waals surface area contributed by atoms with E-state index in [1.807, 2.05) is 12.4 Å². The first kappa shape index (κ1) is 15.2. The van der Waals surface area contributed by atoms with E-state index >= 15 is 0 Å². The van der Waals surface area contributed by atoms with Gasteiger partial charge in [-0.05, 0) is 25.2 Å². The summed E-state index contributed by atoms with van der Waals surface area (Å²) in [6.07, 6.45) is 8.99. The maximum absolute atomic E-state index is 4.76. The van der Waals surface area contributed by atoms with Crippen molar-refractivity contribution in [3.05, 3.63) is 18.1 Å². The highest BCUT2D eigenvalue weighted by molar-refractivity contribution is 5.36. The van der Waals surface area contributed by atoms with Crippen LogP contribution in [0, 0.1) is 5.92 Å². The molecule has 1 saturated heterocycles. The van der Waals surface area contributed by atoms with Crippen molar-refractivity contribution in [1.82, 2.24) is 15.3 Å². The Balaban J connectivity index is 1.99. The Hall–Kier alpha value is -1.16. The number of hydrogen-bond donors (Lipinski definition) is 1. The molecule has 1 aliphatic heterocycles. The van der Waals surface area contributed by atoms with Crippen molar-refractivity contribution in [2.45, 2.75) is 59.0 Å². The zero-order valence-electron chi connectivity index (χ0n) is 13.1. The van der Waals surface area contributed by atoms with Crippen LogP contribution in [0.2, 0.25) is 0 Å². The van der Waals surface area contributed by atoms with Crippen LogP contribution < -0.4 is 10.2 Å². The van der Waals surface area contributed by atoms with Crippen LogP contribution in [-0.4, -0.2) is 29.1 Å². The van der Waals surface area contributed by atoms with E-state index in [1.165, 1.54) is 25.7 Å². The molecular weight excluding hydrogens is 248 g/mol. The molecule has 1 aliphatic rings. The molecule has 112 valence electrons. The van der Waals surface area contributed by atoms with Crippen LogP contribution in [0.4, 0.5) is 5.82 Å². The van der Waals surface area contributed by atoms with E-state index in [4.69, 9.17) is 4.98 Å². The molecule has 1 unspecified atom stereocenters. The van der Waals surface area contributed by atoms with Gasteiger partial charge in [-0.2, -0.15) is 0 Å². The molecule has 2 heterocycles. The van der Waals surface area contributed by atoms with Gasteiger partial charge in [0.2, 0.25) is 0 Å². The van der Waals surface area contributed by atoms with Crippen molar-refractivity contribution in [3.63, 3.8) is 0 Å². The van der Waals surface area contributed by atoms with Crippen LogP contribution in [-0.2, 0) is 6.54 Å². The van der Waals surface area contributed by atoms with Crippen LogP contribution >= 0.6 is 0 Å². The summed E-state index contributed by atoms with van der Waals surface area (Å²) in [6, 6.07) is 0.476. The largest absolute Gasteiger partial charge is 0.355 e. The first-order valence-electron chi connectivity index (χ1n) is 7.98. The van der Waals surface area contributed by atoms with Crippen molar-refractivity contribution >= 4 is 5.82 Å². The van der Waals surface area contributed by atoms with Crippen LogP contribution in [0.15, 0.2) is 12.4 Å². The Bertz CT molecular complexity index is 405. The van der Waals surface area contributed by atoms with Gasteiger partial charge in [0.05, 0.1) is 11.9 Å². The van der Waals surface area contributed by atoms with Gasteiger partial charge < -0.3 is 10.2 Å². The molecule has 0 aromatic carbocycles. The van der Waals surface area contributed by atoms with E-state index in [0.29, 0.717) is 6.04 Å². The Kier molecular flexibility index (Phi) is 5.77. The maximum atomic E-state index is 4.76. The van der Waals surface area contributed by atoms with Crippen molar-refractivity contribution in [3.8, 4) is 0 Å². The second-order valence-electron chi connectivity index (χ2n) is 6.10. The molecule has 2 rings (SSSR count). The van der Waals surface area contributed by atoms with E-state index < -0.39 is 0 Å². The molecule has 0 aliphatic carbocycles. The average molecular weight is 276 g/mol. The highest BCUT2D eigenvalue weighted by Crippen LogP contribution is 2.23. The molecule has 4 nitrogen and oxygen atoms in total. The smallest absolute Gasteiger partial charge is 0.147 e. The van der Waals surface area contributed by atoms with Crippen LogP contribution in [0.25, 0.3) is 0 Å². The van der Waals surface area contributed by atoms with Gasteiger partial charge >= 0.3 is 0 Å². The van der Waals surface area contributed by atoms with Gasteiger partial charge in [-0.25, -0.2) is 4.98 Å². The third kappa shape index (κ3) is 4.44. The number of anilines is 1. The summed E-state index contributed by atoms with van der Waals surface area (Å²) in [4.78, 5) is 11.5. The highest BCUT2D eigenvalue weighted by atomic mass is 15.2. The third-order valence-electron chi connectivity index (χ3n) is 4.11. The summed E-state index contributed by atoms with van der Waals surface area (Å²) in [5.74, 6) is 1.93. The molecule has 0 bridgehead atoms. The minimum Gasteiger partial charge on any atom is -0.355 e. The number of rotatable bonds is 5. The van der Waals surface area contributed by atoms with Gasteiger partial charge in [-0.3, -0.25) is 4.98 Å². The molecule has 0 radical (unpaired) electrons. The van der Waals surface area contributed by atoms with Gasteiger partial charge in [0.15, 0.2) is 0 Å². The first-order chi connectivity index (χ1) is 9.69. The van der Waals surface area contributed by atoms with E-state index in [-0.39, 0.29) is 0 Å². The summed E-state index contributed by atoms with van der Waals surface area (Å²) in [5.41, 5.74) is 1.03. The van der Waals surface area contributed by atoms with Crippen LogP contribution in [0.3, 0.4) is 0 Å². The van der Waals surface area contributed by atoms with Gasteiger partial charge in [-0.15, -0.1) is 0 Å². The fraction of sp³-hybridized carbons (Fsp3) is 0.750. The normalized spacial score (nSPS) is 20.2. The molecule has 0 amide bonds. The first-order valence-corrected chi connectivity index (χ1v) is 7.98. The van der Waals surface area contributed by atoms with Gasteiger partial charge in [0.25, 0.3) is 0 Å². The Morgan fingerprint density at radius 3 is 2.90 bits per heavy atom. The van der Waals surface area contributed by atoms with Crippen molar-refractivity contribution in [2.24, 2.45) is 5.92 Å². The predicted octanol–water partition coefficient (Wildman–Crippen LogP) is 2.99. The summed E-state index contributed by atoms with van der Waals surface area (Å²) in [5, 5.41) is 3.40. The maximum Gasteiger partial charge on any atom is 0.147 e. The zero-order valence-corrected chi connectivity index (χ0v) is 13.1. The lowest BCUT2D eigenvalue weighted by atomic mass is 9.98. The topological polar surface area (TPSA) is 41.1 Å². The monoisotopic (exact) mass is 276 g/mol. The van der Waals surface area contributed by atoms with Gasteiger partial charge in [-0.1, -0.05) is 27.2 Å².